The number of carboxylic acid groups (broad SMARTS) is 1. The number of hydrogen-bond donors (Lipinski definition) is 2. The first-order chi connectivity index (χ1) is 4.56. The van der Waals surface area contributed by atoms with E-state index in [1.807, 2.05) is 6.92 Å². The molecule has 0 rings (SSSR count). The largest absolute Gasteiger partial charge is 0.480 e. The first kappa shape index (κ1) is 9.78. The number of rotatable bonds is 4. The van der Waals surface area contributed by atoms with Crippen LogP contribution < -0.4 is 0 Å². The molecule has 0 aromatic carbocycles. The molecular formula is C6H12O3S. The van der Waals surface area contributed by atoms with Crippen LogP contribution in [-0.4, -0.2) is 33.3 Å². The molecule has 0 heterocycles. The molecule has 0 amide bonds. The van der Waals surface area contributed by atoms with E-state index < -0.39 is 10.7 Å². The summed E-state index contributed by atoms with van der Waals surface area (Å²) in [4.78, 5) is 10.5. The van der Waals surface area contributed by atoms with Crippen molar-refractivity contribution in [3.05, 3.63) is 0 Å². The Kier molecular flexibility index (Phi) is 3.75. The predicted molar refractivity (Wildman–Crippen MR) is 41.3 cm³/mol. The molecule has 2 N–H and O–H groups in total. The van der Waals surface area contributed by atoms with Crippen molar-refractivity contribution in [2.45, 2.75) is 18.6 Å². The van der Waals surface area contributed by atoms with Crippen LogP contribution in [0.3, 0.4) is 0 Å². The number of aliphatic hydroxyl groups is 1. The molecule has 0 aromatic heterocycles. The third-order valence-electron chi connectivity index (χ3n) is 1.22. The molecule has 0 saturated carbocycles. The molecule has 60 valence electrons. The van der Waals surface area contributed by atoms with Gasteiger partial charge in [0.1, 0.15) is 4.75 Å². The number of aliphatic carboxylic acids is 1. The van der Waals surface area contributed by atoms with Crippen LogP contribution in [0, 0.1) is 0 Å². The van der Waals surface area contributed by atoms with Gasteiger partial charge in [0.25, 0.3) is 0 Å². The molecule has 0 aliphatic heterocycles. The summed E-state index contributed by atoms with van der Waals surface area (Å²) in [6.07, 6.45) is 0. The van der Waals surface area contributed by atoms with Gasteiger partial charge in [-0.1, -0.05) is 6.92 Å². The van der Waals surface area contributed by atoms with Gasteiger partial charge in [-0.15, -0.1) is 11.8 Å². The van der Waals surface area contributed by atoms with Gasteiger partial charge in [0.15, 0.2) is 0 Å². The van der Waals surface area contributed by atoms with E-state index in [1.54, 1.807) is 0 Å². The third kappa shape index (κ3) is 2.19. The Balaban J connectivity index is 4.08. The zero-order valence-electron chi connectivity index (χ0n) is 6.13. The van der Waals surface area contributed by atoms with E-state index in [1.165, 1.54) is 18.7 Å². The maximum atomic E-state index is 10.5. The van der Waals surface area contributed by atoms with Crippen molar-refractivity contribution < 1.29 is 15.0 Å². The van der Waals surface area contributed by atoms with Crippen molar-refractivity contribution in [3.63, 3.8) is 0 Å². The van der Waals surface area contributed by atoms with Crippen molar-refractivity contribution in [2.24, 2.45) is 0 Å². The molecule has 0 bridgehead atoms. The van der Waals surface area contributed by atoms with E-state index in [0.717, 1.165) is 0 Å². The van der Waals surface area contributed by atoms with E-state index in [4.69, 9.17) is 10.2 Å². The minimum atomic E-state index is -1.02. The zero-order valence-corrected chi connectivity index (χ0v) is 6.94. The summed E-state index contributed by atoms with van der Waals surface area (Å²) in [5, 5.41) is 17.3. The second-order valence-corrected chi connectivity index (χ2v) is 3.89. The van der Waals surface area contributed by atoms with Gasteiger partial charge in [-0.3, -0.25) is 4.79 Å². The van der Waals surface area contributed by atoms with Gasteiger partial charge < -0.3 is 10.2 Å². The summed E-state index contributed by atoms with van der Waals surface area (Å²) in [6, 6.07) is 0. The first-order valence-corrected chi connectivity index (χ1v) is 4.03. The van der Waals surface area contributed by atoms with E-state index in [-0.39, 0.29) is 6.61 Å². The lowest BCUT2D eigenvalue weighted by molar-refractivity contribution is -0.140. The van der Waals surface area contributed by atoms with Crippen LogP contribution in [0.15, 0.2) is 0 Å². The molecule has 0 fully saturated rings. The summed E-state index contributed by atoms with van der Waals surface area (Å²) in [7, 11) is 0. The van der Waals surface area contributed by atoms with Crippen LogP contribution >= 0.6 is 11.8 Å². The minimum Gasteiger partial charge on any atom is -0.480 e. The fourth-order valence-electron chi connectivity index (χ4n) is 0.494. The fourth-order valence-corrected chi connectivity index (χ4v) is 1.35. The van der Waals surface area contributed by atoms with Crippen LogP contribution in [0.4, 0.5) is 0 Å². The standard InChI is InChI=1S/C6H12O3S/c1-3-10-6(2,4-7)5(8)9/h7H,3-4H2,1-2H3,(H,8,9). The average molecular weight is 164 g/mol. The molecule has 0 aliphatic carbocycles. The topological polar surface area (TPSA) is 57.5 Å². The summed E-state index contributed by atoms with van der Waals surface area (Å²) >= 11 is 1.24. The second-order valence-electron chi connectivity index (χ2n) is 2.13. The van der Waals surface area contributed by atoms with E-state index in [2.05, 4.69) is 0 Å². The van der Waals surface area contributed by atoms with Crippen molar-refractivity contribution in [1.29, 1.82) is 0 Å². The predicted octanol–water partition coefficient (Wildman–Crippen LogP) is 0.575. The maximum absolute atomic E-state index is 10.5. The quantitative estimate of drug-likeness (QED) is 0.638. The number of aliphatic hydroxyl groups excluding tert-OH is 1. The lowest BCUT2D eigenvalue weighted by atomic mass is 10.2. The molecule has 1 unspecified atom stereocenters. The summed E-state index contributed by atoms with van der Waals surface area (Å²) in [6.45, 7) is 3.06. The van der Waals surface area contributed by atoms with Gasteiger partial charge in [-0.2, -0.15) is 0 Å². The monoisotopic (exact) mass is 164 g/mol. The van der Waals surface area contributed by atoms with Gasteiger partial charge >= 0.3 is 5.97 Å². The molecule has 1 atom stereocenters. The van der Waals surface area contributed by atoms with Crippen LogP contribution in [0.5, 0.6) is 0 Å². The first-order valence-electron chi connectivity index (χ1n) is 3.05. The SMILES string of the molecule is CCSC(C)(CO)C(=O)O. The molecule has 0 saturated heterocycles. The van der Waals surface area contributed by atoms with E-state index >= 15 is 0 Å². The van der Waals surface area contributed by atoms with E-state index in [9.17, 15) is 4.79 Å². The number of thioether (sulfide) groups is 1. The van der Waals surface area contributed by atoms with E-state index in [0.29, 0.717) is 5.75 Å². The lowest BCUT2D eigenvalue weighted by Gasteiger charge is -2.19. The smallest absolute Gasteiger partial charge is 0.321 e. The fraction of sp³-hybridized carbons (Fsp3) is 0.833. The Hall–Kier alpha value is -0.220. The minimum absolute atomic E-state index is 0.319. The molecule has 10 heavy (non-hydrogen) atoms. The Morgan fingerprint density at radius 3 is 2.30 bits per heavy atom. The molecule has 0 aromatic rings. The van der Waals surface area contributed by atoms with Crippen molar-refractivity contribution in [1.82, 2.24) is 0 Å². The van der Waals surface area contributed by atoms with Crippen LogP contribution in [0.1, 0.15) is 13.8 Å². The van der Waals surface area contributed by atoms with Crippen molar-refractivity contribution in [3.8, 4) is 0 Å². The highest BCUT2D eigenvalue weighted by Crippen LogP contribution is 2.23. The number of carboxylic acids is 1. The Morgan fingerprint density at radius 2 is 2.20 bits per heavy atom. The highest BCUT2D eigenvalue weighted by molar-refractivity contribution is 8.01. The van der Waals surface area contributed by atoms with Crippen LogP contribution in [0.2, 0.25) is 0 Å². The van der Waals surface area contributed by atoms with Gasteiger partial charge in [0.05, 0.1) is 6.61 Å². The van der Waals surface area contributed by atoms with Gasteiger partial charge in [0.2, 0.25) is 0 Å². The van der Waals surface area contributed by atoms with Crippen LogP contribution in [0.25, 0.3) is 0 Å². The third-order valence-corrected chi connectivity index (χ3v) is 2.45. The summed E-state index contributed by atoms with van der Waals surface area (Å²) < 4.78 is -1.02. The number of hydrogen-bond acceptors (Lipinski definition) is 3. The van der Waals surface area contributed by atoms with Gasteiger partial charge in [-0.25, -0.2) is 0 Å². The zero-order chi connectivity index (χ0) is 8.20. The summed E-state index contributed by atoms with van der Waals surface area (Å²) in [5.41, 5.74) is 0. The summed E-state index contributed by atoms with van der Waals surface area (Å²) in [5.74, 6) is -0.259. The highest BCUT2D eigenvalue weighted by atomic mass is 32.2. The molecular weight excluding hydrogens is 152 g/mol. The molecule has 0 spiro atoms. The van der Waals surface area contributed by atoms with Crippen molar-refractivity contribution in [2.75, 3.05) is 12.4 Å². The van der Waals surface area contributed by atoms with Crippen molar-refractivity contribution >= 4 is 17.7 Å². The maximum Gasteiger partial charge on any atom is 0.321 e. The second kappa shape index (κ2) is 3.83. The van der Waals surface area contributed by atoms with Crippen LogP contribution in [-0.2, 0) is 4.79 Å². The average Bonchev–Trinajstić information content (AvgIpc) is 1.88. The Morgan fingerprint density at radius 1 is 1.70 bits per heavy atom. The molecule has 3 nitrogen and oxygen atoms in total. The highest BCUT2D eigenvalue weighted by Gasteiger charge is 2.31. The Bertz CT molecular complexity index is 126. The molecule has 0 aliphatic rings. The molecule has 4 heteroatoms. The van der Waals surface area contributed by atoms with Gasteiger partial charge in [0, 0.05) is 0 Å². The molecule has 0 radical (unpaired) electrons. The lowest BCUT2D eigenvalue weighted by Crippen LogP contribution is -2.35. The van der Waals surface area contributed by atoms with Gasteiger partial charge in [-0.05, 0) is 12.7 Å². The number of carbonyl (C=O) groups is 1. The Labute approximate surface area is 64.4 Å². The normalized spacial score (nSPS) is 16.3.